The SMILES string of the molecule is CCCCC(C)B(C)SC(C)(C)C. The van der Waals surface area contributed by atoms with E-state index in [0.717, 1.165) is 11.8 Å². The van der Waals surface area contributed by atoms with E-state index < -0.39 is 0 Å². The molecule has 13 heavy (non-hydrogen) atoms. The van der Waals surface area contributed by atoms with Crippen molar-refractivity contribution in [2.75, 3.05) is 0 Å². The zero-order valence-corrected chi connectivity index (χ0v) is 11.0. The first kappa shape index (κ1) is 13.4. The van der Waals surface area contributed by atoms with Gasteiger partial charge in [-0.15, -0.1) is 0 Å². The molecule has 0 aliphatic heterocycles. The van der Waals surface area contributed by atoms with Crippen molar-refractivity contribution < 1.29 is 0 Å². The molecule has 0 aromatic heterocycles. The van der Waals surface area contributed by atoms with E-state index in [1.807, 2.05) is 0 Å². The maximum absolute atomic E-state index is 2.39. The normalized spacial score (nSPS) is 14.3. The van der Waals surface area contributed by atoms with Gasteiger partial charge >= 0.3 is 0 Å². The summed E-state index contributed by atoms with van der Waals surface area (Å²) in [4.78, 5) is 0. The van der Waals surface area contributed by atoms with Crippen LogP contribution < -0.4 is 0 Å². The Labute approximate surface area is 89.2 Å². The molecule has 78 valence electrons. The Morgan fingerprint density at radius 1 is 1.31 bits per heavy atom. The predicted molar refractivity (Wildman–Crippen MR) is 67.9 cm³/mol. The molecule has 0 aliphatic carbocycles. The lowest BCUT2D eigenvalue weighted by molar-refractivity contribution is 0.695. The van der Waals surface area contributed by atoms with E-state index in [9.17, 15) is 0 Å². The van der Waals surface area contributed by atoms with Crippen molar-refractivity contribution in [3.63, 3.8) is 0 Å². The maximum Gasteiger partial charge on any atom is 0.209 e. The fraction of sp³-hybridized carbons (Fsp3) is 1.00. The van der Waals surface area contributed by atoms with Gasteiger partial charge in [-0.3, -0.25) is 0 Å². The first-order chi connectivity index (χ1) is 5.87. The number of hydrogen-bond acceptors (Lipinski definition) is 1. The lowest BCUT2D eigenvalue weighted by Gasteiger charge is -2.25. The molecule has 0 nitrogen and oxygen atoms in total. The Morgan fingerprint density at radius 2 is 1.85 bits per heavy atom. The fourth-order valence-corrected chi connectivity index (χ4v) is 2.92. The molecule has 0 spiro atoms. The summed E-state index contributed by atoms with van der Waals surface area (Å²) in [5.41, 5.74) is 0. The Morgan fingerprint density at radius 3 is 2.23 bits per heavy atom. The van der Waals surface area contributed by atoms with Crippen LogP contribution in [0.2, 0.25) is 12.6 Å². The molecule has 1 unspecified atom stereocenters. The summed E-state index contributed by atoms with van der Waals surface area (Å²) in [5, 5.41) is 0. The minimum atomic E-state index is 0.417. The average molecular weight is 200 g/mol. The molecular weight excluding hydrogens is 175 g/mol. The van der Waals surface area contributed by atoms with Gasteiger partial charge in [-0.25, -0.2) is 11.6 Å². The van der Waals surface area contributed by atoms with Gasteiger partial charge in [-0.05, 0) is 4.75 Å². The second-order valence-electron chi connectivity index (χ2n) is 5.05. The maximum atomic E-state index is 2.39. The molecule has 0 N–H and O–H groups in total. The van der Waals surface area contributed by atoms with Crippen LogP contribution in [-0.2, 0) is 0 Å². The van der Waals surface area contributed by atoms with Crippen LogP contribution in [-0.4, -0.2) is 10.7 Å². The topological polar surface area (TPSA) is 0 Å². The summed E-state index contributed by atoms with van der Waals surface area (Å²) in [7, 11) is 0. The molecule has 0 radical (unpaired) electrons. The number of rotatable bonds is 5. The monoisotopic (exact) mass is 200 g/mol. The van der Waals surface area contributed by atoms with Gasteiger partial charge in [-0.1, -0.05) is 66.5 Å². The first-order valence-electron chi connectivity index (χ1n) is 5.54. The van der Waals surface area contributed by atoms with Crippen LogP contribution in [0.4, 0.5) is 0 Å². The van der Waals surface area contributed by atoms with E-state index in [0.29, 0.717) is 4.75 Å². The molecule has 0 amide bonds. The van der Waals surface area contributed by atoms with Crippen molar-refractivity contribution in [2.45, 2.75) is 71.3 Å². The smallest absolute Gasteiger partial charge is 0.204 e. The fourth-order valence-electron chi connectivity index (χ4n) is 1.43. The summed E-state index contributed by atoms with van der Waals surface area (Å²) < 4.78 is 0.417. The predicted octanol–water partition coefficient (Wildman–Crippen LogP) is 4.72. The quantitative estimate of drug-likeness (QED) is 0.578. The Kier molecular flexibility index (Phi) is 6.20. The van der Waals surface area contributed by atoms with E-state index in [4.69, 9.17) is 0 Å². The lowest BCUT2D eigenvalue weighted by atomic mass is 9.64. The van der Waals surface area contributed by atoms with Crippen LogP contribution in [0.5, 0.6) is 0 Å². The summed E-state index contributed by atoms with van der Waals surface area (Å²) in [6.07, 6.45) is 4.11. The molecule has 1 atom stereocenters. The van der Waals surface area contributed by atoms with Gasteiger partial charge in [0.1, 0.15) is 0 Å². The third-order valence-corrected chi connectivity index (χ3v) is 3.90. The van der Waals surface area contributed by atoms with Crippen molar-refractivity contribution in [1.29, 1.82) is 0 Å². The third-order valence-electron chi connectivity index (χ3n) is 2.35. The Hall–Kier alpha value is 0.415. The molecule has 0 aromatic carbocycles. The van der Waals surface area contributed by atoms with Crippen LogP contribution in [0.1, 0.15) is 53.9 Å². The average Bonchev–Trinajstić information content (AvgIpc) is 1.96. The summed E-state index contributed by atoms with van der Waals surface area (Å²) in [5.74, 6) is 1.66. The first-order valence-corrected chi connectivity index (χ1v) is 6.42. The van der Waals surface area contributed by atoms with Crippen LogP contribution >= 0.6 is 11.6 Å². The molecule has 0 saturated heterocycles. The number of hydrogen-bond donors (Lipinski definition) is 0. The van der Waals surface area contributed by atoms with Gasteiger partial charge in [0, 0.05) is 0 Å². The van der Waals surface area contributed by atoms with E-state index in [1.54, 1.807) is 0 Å². The van der Waals surface area contributed by atoms with E-state index >= 15 is 0 Å². The highest BCUT2D eigenvalue weighted by Crippen LogP contribution is 2.33. The molecule has 0 bridgehead atoms. The van der Waals surface area contributed by atoms with Crippen LogP contribution in [0.15, 0.2) is 0 Å². The van der Waals surface area contributed by atoms with Crippen LogP contribution in [0.25, 0.3) is 0 Å². The molecule has 2 heteroatoms. The van der Waals surface area contributed by atoms with Gasteiger partial charge in [0.15, 0.2) is 0 Å². The van der Waals surface area contributed by atoms with Crippen LogP contribution in [0, 0.1) is 0 Å². The zero-order valence-electron chi connectivity index (χ0n) is 10.2. The summed E-state index contributed by atoms with van der Waals surface area (Å²) >= 11 is 2.12. The van der Waals surface area contributed by atoms with Crippen molar-refractivity contribution >= 4 is 17.6 Å². The minimum Gasteiger partial charge on any atom is -0.204 e. The number of unbranched alkanes of at least 4 members (excludes halogenated alkanes) is 1. The highest BCUT2D eigenvalue weighted by molar-refractivity contribution is 8.26. The van der Waals surface area contributed by atoms with Gasteiger partial charge in [0.05, 0.1) is 0 Å². The molecular formula is C11H25BS. The molecule has 0 fully saturated rings. The third kappa shape index (κ3) is 7.48. The summed E-state index contributed by atoms with van der Waals surface area (Å²) in [6, 6.07) is 0. The van der Waals surface area contributed by atoms with E-state index in [2.05, 4.69) is 53.1 Å². The summed E-state index contributed by atoms with van der Waals surface area (Å²) in [6.45, 7) is 14.0. The lowest BCUT2D eigenvalue weighted by Crippen LogP contribution is -2.19. The van der Waals surface area contributed by atoms with E-state index in [-0.39, 0.29) is 0 Å². The zero-order chi connectivity index (χ0) is 10.5. The molecule has 0 aliphatic rings. The van der Waals surface area contributed by atoms with E-state index in [1.165, 1.54) is 19.3 Å². The van der Waals surface area contributed by atoms with Gasteiger partial charge in [0.2, 0.25) is 5.99 Å². The second kappa shape index (κ2) is 6.00. The van der Waals surface area contributed by atoms with Gasteiger partial charge in [0.25, 0.3) is 0 Å². The standard InChI is InChI=1S/C11H25BS/c1-7-8-9-10(2)12(6)13-11(3,4)5/h10H,7-9H2,1-6H3. The van der Waals surface area contributed by atoms with Crippen molar-refractivity contribution in [2.24, 2.45) is 0 Å². The second-order valence-corrected chi connectivity index (χ2v) is 7.26. The minimum absolute atomic E-state index is 0.417. The van der Waals surface area contributed by atoms with Crippen LogP contribution in [0.3, 0.4) is 0 Å². The van der Waals surface area contributed by atoms with Crippen molar-refractivity contribution in [1.82, 2.24) is 0 Å². The van der Waals surface area contributed by atoms with Crippen molar-refractivity contribution in [3.05, 3.63) is 0 Å². The molecule has 0 rings (SSSR count). The highest BCUT2D eigenvalue weighted by Gasteiger charge is 2.22. The largest absolute Gasteiger partial charge is 0.209 e. The Balaban J connectivity index is 3.75. The Bertz CT molecular complexity index is 129. The highest BCUT2D eigenvalue weighted by atomic mass is 32.2. The van der Waals surface area contributed by atoms with Gasteiger partial charge in [-0.2, -0.15) is 0 Å². The molecule has 0 heterocycles. The van der Waals surface area contributed by atoms with Gasteiger partial charge < -0.3 is 0 Å². The molecule has 0 saturated carbocycles. The van der Waals surface area contributed by atoms with Crippen molar-refractivity contribution in [3.8, 4) is 0 Å². The molecule has 0 aromatic rings.